The first-order valence-corrected chi connectivity index (χ1v) is 8.08. The number of pyridine rings is 1. The fourth-order valence-electron chi connectivity index (χ4n) is 3.04. The van der Waals surface area contributed by atoms with Crippen LogP contribution in [0.2, 0.25) is 0 Å². The number of rotatable bonds is 3. The maximum absolute atomic E-state index is 12.7. The Labute approximate surface area is 143 Å². The summed E-state index contributed by atoms with van der Waals surface area (Å²) in [5, 5.41) is 13.9. The Morgan fingerprint density at radius 3 is 2.84 bits per heavy atom. The molecule has 1 saturated heterocycles. The van der Waals surface area contributed by atoms with E-state index in [9.17, 15) is 9.90 Å². The lowest BCUT2D eigenvalue weighted by Gasteiger charge is -2.21. The van der Waals surface area contributed by atoms with E-state index in [2.05, 4.69) is 15.1 Å². The van der Waals surface area contributed by atoms with Gasteiger partial charge in [0, 0.05) is 18.3 Å². The van der Waals surface area contributed by atoms with Gasteiger partial charge >= 0.3 is 0 Å². The summed E-state index contributed by atoms with van der Waals surface area (Å²) in [6.07, 6.45) is 3.04. The SMILES string of the molecule is O=C(c1ncccc1O)N1CCC[C@H]1c1nc(-c2ccccc2)no1. The highest BCUT2D eigenvalue weighted by Crippen LogP contribution is 2.33. The first-order chi connectivity index (χ1) is 12.2. The van der Waals surface area contributed by atoms with Crippen LogP contribution in [0.1, 0.15) is 35.3 Å². The molecular weight excluding hydrogens is 320 g/mol. The molecule has 3 heterocycles. The number of aromatic hydroxyl groups is 1. The number of hydrogen-bond acceptors (Lipinski definition) is 6. The summed E-state index contributed by atoms with van der Waals surface area (Å²) in [4.78, 5) is 22.8. The lowest BCUT2D eigenvalue weighted by Crippen LogP contribution is -2.31. The van der Waals surface area contributed by atoms with E-state index < -0.39 is 0 Å². The van der Waals surface area contributed by atoms with Crippen LogP contribution in [0.4, 0.5) is 0 Å². The van der Waals surface area contributed by atoms with Gasteiger partial charge in [0.05, 0.1) is 0 Å². The van der Waals surface area contributed by atoms with Crippen LogP contribution in [0.5, 0.6) is 5.75 Å². The number of carbonyl (C=O) groups is 1. The molecule has 1 aromatic carbocycles. The van der Waals surface area contributed by atoms with Gasteiger partial charge in [-0.15, -0.1) is 0 Å². The molecule has 1 amide bonds. The number of carbonyl (C=O) groups excluding carboxylic acids is 1. The quantitative estimate of drug-likeness (QED) is 0.790. The highest BCUT2D eigenvalue weighted by atomic mass is 16.5. The standard InChI is InChI=1S/C18H16N4O3/c23-14-9-4-10-19-15(14)18(24)22-11-5-8-13(22)17-20-16(21-25-17)12-6-2-1-3-7-12/h1-4,6-7,9-10,13,23H,5,8,11H2/t13-/m0/s1. The van der Waals surface area contributed by atoms with Gasteiger partial charge in [0.25, 0.3) is 5.91 Å². The summed E-state index contributed by atoms with van der Waals surface area (Å²) in [5.74, 6) is 0.435. The van der Waals surface area contributed by atoms with E-state index in [1.54, 1.807) is 11.0 Å². The van der Waals surface area contributed by atoms with Gasteiger partial charge in [-0.2, -0.15) is 4.98 Å². The van der Waals surface area contributed by atoms with Crippen LogP contribution in [0.15, 0.2) is 53.2 Å². The average molecular weight is 336 g/mol. The summed E-state index contributed by atoms with van der Waals surface area (Å²) in [5.41, 5.74) is 0.896. The molecule has 0 radical (unpaired) electrons. The molecule has 0 spiro atoms. The minimum atomic E-state index is -0.333. The predicted octanol–water partition coefficient (Wildman–Crippen LogP) is 2.81. The topological polar surface area (TPSA) is 92.3 Å². The van der Waals surface area contributed by atoms with Gasteiger partial charge in [0.1, 0.15) is 11.8 Å². The molecule has 1 N–H and O–H groups in total. The molecule has 1 aliphatic heterocycles. The molecule has 25 heavy (non-hydrogen) atoms. The second kappa shape index (κ2) is 6.35. The van der Waals surface area contributed by atoms with Gasteiger partial charge in [0.15, 0.2) is 5.69 Å². The molecule has 7 nitrogen and oxygen atoms in total. The minimum absolute atomic E-state index is 0.0391. The predicted molar refractivity (Wildman–Crippen MR) is 88.6 cm³/mol. The van der Waals surface area contributed by atoms with Crippen LogP contribution in [0.25, 0.3) is 11.4 Å². The Kier molecular flexibility index (Phi) is 3.89. The van der Waals surface area contributed by atoms with Crippen molar-refractivity contribution in [3.8, 4) is 17.1 Å². The van der Waals surface area contributed by atoms with Gasteiger partial charge in [-0.05, 0) is 25.0 Å². The second-order valence-corrected chi connectivity index (χ2v) is 5.85. The van der Waals surface area contributed by atoms with Crippen LogP contribution >= 0.6 is 0 Å². The van der Waals surface area contributed by atoms with Crippen molar-refractivity contribution < 1.29 is 14.4 Å². The summed E-state index contributed by atoms with van der Waals surface area (Å²) in [6.45, 7) is 0.558. The normalized spacial score (nSPS) is 17.0. The smallest absolute Gasteiger partial charge is 0.276 e. The first-order valence-electron chi connectivity index (χ1n) is 8.08. The minimum Gasteiger partial charge on any atom is -0.505 e. The van der Waals surface area contributed by atoms with Crippen molar-refractivity contribution in [2.45, 2.75) is 18.9 Å². The molecule has 0 bridgehead atoms. The third kappa shape index (κ3) is 2.84. The van der Waals surface area contributed by atoms with E-state index in [4.69, 9.17) is 4.52 Å². The van der Waals surface area contributed by atoms with Crippen molar-refractivity contribution in [3.05, 3.63) is 60.2 Å². The summed E-state index contributed by atoms with van der Waals surface area (Å²) < 4.78 is 5.41. The molecular formula is C18H16N4O3. The van der Waals surface area contributed by atoms with E-state index in [1.165, 1.54) is 12.3 Å². The van der Waals surface area contributed by atoms with E-state index in [0.29, 0.717) is 18.3 Å². The highest BCUT2D eigenvalue weighted by molar-refractivity contribution is 5.95. The van der Waals surface area contributed by atoms with Crippen molar-refractivity contribution in [1.29, 1.82) is 0 Å². The number of hydrogen-bond donors (Lipinski definition) is 1. The van der Waals surface area contributed by atoms with Crippen LogP contribution in [0.3, 0.4) is 0 Å². The van der Waals surface area contributed by atoms with E-state index >= 15 is 0 Å². The Morgan fingerprint density at radius 2 is 2.04 bits per heavy atom. The van der Waals surface area contributed by atoms with Crippen LogP contribution in [0, 0.1) is 0 Å². The zero-order chi connectivity index (χ0) is 17.2. The fourth-order valence-corrected chi connectivity index (χ4v) is 3.04. The molecule has 7 heteroatoms. The summed E-state index contributed by atoms with van der Waals surface area (Å²) >= 11 is 0. The zero-order valence-electron chi connectivity index (χ0n) is 13.4. The summed E-state index contributed by atoms with van der Waals surface area (Å²) in [7, 11) is 0. The molecule has 1 fully saturated rings. The monoisotopic (exact) mass is 336 g/mol. The second-order valence-electron chi connectivity index (χ2n) is 5.85. The lowest BCUT2D eigenvalue weighted by molar-refractivity contribution is 0.0700. The Balaban J connectivity index is 1.61. The van der Waals surface area contributed by atoms with Gasteiger partial charge in [0.2, 0.25) is 11.7 Å². The molecule has 4 rings (SSSR count). The van der Waals surface area contributed by atoms with E-state index in [0.717, 1.165) is 18.4 Å². The third-order valence-electron chi connectivity index (χ3n) is 4.26. The number of amides is 1. The van der Waals surface area contributed by atoms with E-state index in [1.807, 2.05) is 30.3 Å². The molecule has 0 aliphatic carbocycles. The molecule has 1 atom stereocenters. The Hall–Kier alpha value is -3.22. The van der Waals surface area contributed by atoms with Crippen molar-refractivity contribution in [2.75, 3.05) is 6.54 Å². The van der Waals surface area contributed by atoms with Gasteiger partial charge in [-0.25, -0.2) is 4.98 Å². The van der Waals surface area contributed by atoms with Gasteiger partial charge < -0.3 is 14.5 Å². The Morgan fingerprint density at radius 1 is 1.20 bits per heavy atom. The van der Waals surface area contributed by atoms with Crippen molar-refractivity contribution >= 4 is 5.91 Å². The zero-order valence-corrected chi connectivity index (χ0v) is 13.4. The van der Waals surface area contributed by atoms with Crippen molar-refractivity contribution in [3.63, 3.8) is 0 Å². The number of nitrogens with zero attached hydrogens (tertiary/aromatic N) is 4. The van der Waals surface area contributed by atoms with Gasteiger partial charge in [-0.1, -0.05) is 35.5 Å². The number of aromatic nitrogens is 3. The first kappa shape index (κ1) is 15.3. The molecule has 1 aliphatic rings. The largest absolute Gasteiger partial charge is 0.505 e. The van der Waals surface area contributed by atoms with Gasteiger partial charge in [-0.3, -0.25) is 4.79 Å². The molecule has 2 aromatic heterocycles. The maximum Gasteiger partial charge on any atom is 0.276 e. The van der Waals surface area contributed by atoms with Crippen LogP contribution in [-0.4, -0.2) is 37.6 Å². The maximum atomic E-state index is 12.7. The average Bonchev–Trinajstić information content (AvgIpc) is 3.31. The van der Waals surface area contributed by atoms with Crippen molar-refractivity contribution in [1.82, 2.24) is 20.0 Å². The number of benzene rings is 1. The number of likely N-dealkylation sites (tertiary alicyclic amines) is 1. The van der Waals surface area contributed by atoms with Crippen LogP contribution < -0.4 is 0 Å². The highest BCUT2D eigenvalue weighted by Gasteiger charge is 2.36. The molecule has 126 valence electrons. The molecule has 0 saturated carbocycles. The lowest BCUT2D eigenvalue weighted by atomic mass is 10.2. The Bertz CT molecular complexity index is 894. The third-order valence-corrected chi connectivity index (χ3v) is 4.26. The van der Waals surface area contributed by atoms with Crippen LogP contribution in [-0.2, 0) is 0 Å². The fraction of sp³-hybridized carbons (Fsp3) is 0.222. The molecule has 0 unspecified atom stereocenters. The van der Waals surface area contributed by atoms with E-state index in [-0.39, 0.29) is 23.4 Å². The van der Waals surface area contributed by atoms with Crippen molar-refractivity contribution in [2.24, 2.45) is 0 Å². The molecule has 3 aromatic rings. The summed E-state index contributed by atoms with van der Waals surface area (Å²) in [6, 6.07) is 12.3.